The number of nitro groups is 1. The Morgan fingerprint density at radius 2 is 2.20 bits per heavy atom. The first-order valence-electron chi connectivity index (χ1n) is 5.49. The molecule has 9 nitrogen and oxygen atoms in total. The second kappa shape index (κ2) is 5.03. The van der Waals surface area contributed by atoms with E-state index in [-0.39, 0.29) is 30.1 Å². The summed E-state index contributed by atoms with van der Waals surface area (Å²) in [7, 11) is 1.13. The van der Waals surface area contributed by atoms with Crippen molar-refractivity contribution < 1.29 is 24.0 Å². The molecular weight excluding hydrogens is 270 g/mol. The summed E-state index contributed by atoms with van der Waals surface area (Å²) in [5.41, 5.74) is -0.642. The number of methoxy groups -OCH3 is 1. The number of ether oxygens (including phenoxy) is 1. The van der Waals surface area contributed by atoms with Crippen molar-refractivity contribution in [3.8, 4) is 0 Å². The van der Waals surface area contributed by atoms with Crippen LogP contribution in [0.4, 0.5) is 11.5 Å². The van der Waals surface area contributed by atoms with E-state index in [0.717, 1.165) is 24.3 Å². The van der Waals surface area contributed by atoms with E-state index in [2.05, 4.69) is 9.72 Å². The number of rotatable bonds is 3. The van der Waals surface area contributed by atoms with E-state index in [1.807, 2.05) is 0 Å². The molecule has 0 N–H and O–H groups in total. The minimum atomic E-state index is -0.782. The number of esters is 1. The Kier molecular flexibility index (Phi) is 3.42. The molecule has 1 aliphatic heterocycles. The second-order valence-electron chi connectivity index (χ2n) is 4.01. The third-order valence-electron chi connectivity index (χ3n) is 2.70. The van der Waals surface area contributed by atoms with Gasteiger partial charge in [0.15, 0.2) is 5.78 Å². The van der Waals surface area contributed by atoms with Crippen molar-refractivity contribution in [2.24, 2.45) is 0 Å². The lowest BCUT2D eigenvalue weighted by Gasteiger charge is -2.13. The molecule has 1 fully saturated rings. The lowest BCUT2D eigenvalue weighted by molar-refractivity contribution is -0.384. The van der Waals surface area contributed by atoms with Crippen LogP contribution in [0.25, 0.3) is 0 Å². The number of Topliss-reactive ketones (excluding diaryl/α,β-unsaturated/α-hetero) is 1. The molecule has 0 aliphatic carbocycles. The van der Waals surface area contributed by atoms with Gasteiger partial charge >= 0.3 is 11.7 Å². The van der Waals surface area contributed by atoms with Crippen LogP contribution in [0.1, 0.15) is 16.8 Å². The number of carbonyl (C=O) groups excluding carboxylic acids is 3. The van der Waals surface area contributed by atoms with Crippen molar-refractivity contribution >= 4 is 29.2 Å². The van der Waals surface area contributed by atoms with Gasteiger partial charge in [-0.1, -0.05) is 0 Å². The van der Waals surface area contributed by atoms with Crippen LogP contribution in [0, 0.1) is 10.1 Å². The number of anilines is 1. The molecule has 0 saturated carbocycles. The number of carbonyl (C=O) groups is 3. The molecule has 0 aromatic carbocycles. The molecule has 0 atom stereocenters. The van der Waals surface area contributed by atoms with Gasteiger partial charge in [-0.15, -0.1) is 0 Å². The highest BCUT2D eigenvalue weighted by molar-refractivity contribution is 6.15. The molecule has 0 radical (unpaired) electrons. The number of hydrogen-bond acceptors (Lipinski definition) is 7. The van der Waals surface area contributed by atoms with E-state index in [1.54, 1.807) is 0 Å². The smallest absolute Gasteiger partial charge is 0.339 e. The van der Waals surface area contributed by atoms with Gasteiger partial charge in [-0.25, -0.2) is 9.78 Å². The Morgan fingerprint density at radius 3 is 2.70 bits per heavy atom. The Balaban J connectivity index is 2.48. The fourth-order valence-electron chi connectivity index (χ4n) is 1.80. The maximum atomic E-state index is 11.6. The van der Waals surface area contributed by atoms with Gasteiger partial charge in [0.1, 0.15) is 0 Å². The summed E-state index contributed by atoms with van der Waals surface area (Å²) < 4.78 is 4.44. The van der Waals surface area contributed by atoms with E-state index in [9.17, 15) is 24.5 Å². The van der Waals surface area contributed by atoms with Crippen molar-refractivity contribution in [1.82, 2.24) is 4.98 Å². The molecule has 2 heterocycles. The Hall–Kier alpha value is -2.84. The largest absolute Gasteiger partial charge is 0.465 e. The van der Waals surface area contributed by atoms with Crippen LogP contribution in [0.5, 0.6) is 0 Å². The fourth-order valence-corrected chi connectivity index (χ4v) is 1.80. The number of amides is 1. The summed E-state index contributed by atoms with van der Waals surface area (Å²) >= 11 is 0. The first-order valence-corrected chi connectivity index (χ1v) is 5.49. The molecule has 104 valence electrons. The van der Waals surface area contributed by atoms with Gasteiger partial charge in [-0.2, -0.15) is 0 Å². The van der Waals surface area contributed by atoms with E-state index in [4.69, 9.17) is 0 Å². The molecule has 20 heavy (non-hydrogen) atoms. The average molecular weight is 279 g/mol. The van der Waals surface area contributed by atoms with Gasteiger partial charge in [-0.3, -0.25) is 24.6 Å². The summed E-state index contributed by atoms with van der Waals surface area (Å²) in [5.74, 6) is -1.94. The zero-order valence-electron chi connectivity index (χ0n) is 10.4. The SMILES string of the molecule is COC(=O)c1cnc(N2CC(=O)CC2=O)c([N+](=O)[O-])c1. The molecule has 9 heteroatoms. The molecule has 1 aromatic rings. The highest BCUT2D eigenvalue weighted by atomic mass is 16.6. The molecule has 1 aliphatic rings. The van der Waals surface area contributed by atoms with Crippen molar-refractivity contribution in [2.75, 3.05) is 18.6 Å². The molecule has 1 amide bonds. The molecule has 0 spiro atoms. The molecule has 0 unspecified atom stereocenters. The molecular formula is C11H9N3O6. The van der Waals surface area contributed by atoms with Crippen molar-refractivity contribution in [3.63, 3.8) is 0 Å². The minimum Gasteiger partial charge on any atom is -0.465 e. The standard InChI is InChI=1S/C11H9N3O6/c1-20-11(17)6-2-8(14(18)19)10(12-4-6)13-5-7(15)3-9(13)16/h2,4H,3,5H2,1H3. The molecule has 1 saturated heterocycles. The van der Waals surface area contributed by atoms with Gasteiger partial charge < -0.3 is 4.74 Å². The van der Waals surface area contributed by atoms with Crippen LogP contribution in [-0.2, 0) is 14.3 Å². The van der Waals surface area contributed by atoms with Gasteiger partial charge in [0.05, 0.1) is 30.6 Å². The van der Waals surface area contributed by atoms with Crippen molar-refractivity contribution in [2.45, 2.75) is 6.42 Å². The normalized spacial score (nSPS) is 14.6. The van der Waals surface area contributed by atoms with Gasteiger partial charge in [-0.05, 0) is 0 Å². The summed E-state index contributed by atoms with van der Waals surface area (Å²) in [6, 6.07) is 0.963. The zero-order valence-corrected chi connectivity index (χ0v) is 10.4. The lowest BCUT2D eigenvalue weighted by Crippen LogP contribution is -2.26. The average Bonchev–Trinajstić information content (AvgIpc) is 2.76. The predicted octanol–water partition coefficient (Wildman–Crippen LogP) is 0.0822. The summed E-state index contributed by atoms with van der Waals surface area (Å²) in [4.78, 5) is 49.0. The predicted molar refractivity (Wildman–Crippen MR) is 64.2 cm³/mol. The van der Waals surface area contributed by atoms with Gasteiger partial charge in [0.2, 0.25) is 11.7 Å². The van der Waals surface area contributed by atoms with Crippen LogP contribution >= 0.6 is 0 Å². The topological polar surface area (TPSA) is 120 Å². The molecule has 0 bridgehead atoms. The van der Waals surface area contributed by atoms with Crippen LogP contribution in [0.2, 0.25) is 0 Å². The summed E-state index contributed by atoms with van der Waals surface area (Å²) in [6.07, 6.45) is 0.752. The van der Waals surface area contributed by atoms with Crippen molar-refractivity contribution in [3.05, 3.63) is 27.9 Å². The number of pyridine rings is 1. The highest BCUT2D eigenvalue weighted by Crippen LogP contribution is 2.29. The Morgan fingerprint density at radius 1 is 1.50 bits per heavy atom. The van der Waals surface area contributed by atoms with Crippen LogP contribution in [0.15, 0.2) is 12.3 Å². The van der Waals surface area contributed by atoms with Crippen molar-refractivity contribution in [1.29, 1.82) is 0 Å². The van der Waals surface area contributed by atoms with Crippen LogP contribution in [0.3, 0.4) is 0 Å². The second-order valence-corrected chi connectivity index (χ2v) is 4.01. The Labute approximate surface area is 112 Å². The fraction of sp³-hybridized carbons (Fsp3) is 0.273. The molecule has 2 rings (SSSR count). The number of nitrogens with zero attached hydrogens (tertiary/aromatic N) is 3. The monoisotopic (exact) mass is 279 g/mol. The highest BCUT2D eigenvalue weighted by Gasteiger charge is 2.34. The maximum absolute atomic E-state index is 11.6. The Bertz CT molecular complexity index is 627. The van der Waals surface area contributed by atoms with Gasteiger partial charge in [0.25, 0.3) is 0 Å². The summed E-state index contributed by atoms with van der Waals surface area (Å²) in [5, 5.41) is 11.0. The van der Waals surface area contributed by atoms with E-state index in [0.29, 0.717) is 0 Å². The first-order chi connectivity index (χ1) is 9.43. The first kappa shape index (κ1) is 13.6. The van der Waals surface area contributed by atoms with E-state index < -0.39 is 22.5 Å². The minimum absolute atomic E-state index is 0.110. The third kappa shape index (κ3) is 2.32. The van der Waals surface area contributed by atoms with Crippen LogP contribution < -0.4 is 4.90 Å². The number of ketones is 1. The maximum Gasteiger partial charge on any atom is 0.339 e. The summed E-state index contributed by atoms with van der Waals surface area (Å²) in [6.45, 7) is -0.260. The van der Waals surface area contributed by atoms with E-state index >= 15 is 0 Å². The lowest BCUT2D eigenvalue weighted by atomic mass is 10.2. The van der Waals surface area contributed by atoms with Gasteiger partial charge in [0, 0.05) is 12.3 Å². The number of aromatic nitrogens is 1. The number of hydrogen-bond donors (Lipinski definition) is 0. The third-order valence-corrected chi connectivity index (χ3v) is 2.70. The quantitative estimate of drug-likeness (QED) is 0.332. The zero-order chi connectivity index (χ0) is 14.9. The van der Waals surface area contributed by atoms with E-state index in [1.165, 1.54) is 0 Å². The van der Waals surface area contributed by atoms with Crippen LogP contribution in [-0.4, -0.2) is 41.2 Å². The molecule has 1 aromatic heterocycles.